The molecule has 0 fully saturated rings. The summed E-state index contributed by atoms with van der Waals surface area (Å²) in [7, 11) is 1.89. The molecule has 0 saturated heterocycles. The second-order valence-corrected chi connectivity index (χ2v) is 4.18. The van der Waals surface area contributed by atoms with E-state index in [-0.39, 0.29) is 0 Å². The summed E-state index contributed by atoms with van der Waals surface area (Å²) < 4.78 is 0. The van der Waals surface area contributed by atoms with Gasteiger partial charge in [0.25, 0.3) is 0 Å². The lowest BCUT2D eigenvalue weighted by atomic mass is 10.1. The van der Waals surface area contributed by atoms with E-state index in [2.05, 4.69) is 59.4 Å². The lowest BCUT2D eigenvalue weighted by molar-refractivity contribution is 1.01. The zero-order chi connectivity index (χ0) is 13.0. The molecular weight excluding hydrogens is 222 g/mol. The SMILES string of the molecule is CCN(c1ccnc(NC)c1)c1ccccc1C. The third-order valence-electron chi connectivity index (χ3n) is 3.03. The van der Waals surface area contributed by atoms with Crippen molar-refractivity contribution in [2.45, 2.75) is 13.8 Å². The van der Waals surface area contributed by atoms with Crippen molar-refractivity contribution in [3.63, 3.8) is 0 Å². The van der Waals surface area contributed by atoms with Gasteiger partial charge in [-0.25, -0.2) is 4.98 Å². The number of para-hydroxylation sites is 1. The minimum Gasteiger partial charge on any atom is -0.373 e. The number of pyridine rings is 1. The molecule has 0 aliphatic rings. The van der Waals surface area contributed by atoms with Crippen LogP contribution in [0.25, 0.3) is 0 Å². The molecule has 3 heteroatoms. The molecule has 1 heterocycles. The van der Waals surface area contributed by atoms with E-state index >= 15 is 0 Å². The number of aryl methyl sites for hydroxylation is 1. The maximum atomic E-state index is 4.25. The molecule has 0 spiro atoms. The van der Waals surface area contributed by atoms with Gasteiger partial charge in [0, 0.05) is 37.2 Å². The number of aromatic nitrogens is 1. The monoisotopic (exact) mass is 241 g/mol. The second-order valence-electron chi connectivity index (χ2n) is 4.18. The molecule has 1 N–H and O–H groups in total. The highest BCUT2D eigenvalue weighted by Crippen LogP contribution is 2.28. The zero-order valence-corrected chi connectivity index (χ0v) is 11.1. The van der Waals surface area contributed by atoms with Gasteiger partial charge < -0.3 is 10.2 Å². The molecule has 0 bridgehead atoms. The molecule has 2 rings (SSSR count). The third kappa shape index (κ3) is 2.45. The first-order chi connectivity index (χ1) is 8.76. The molecule has 0 amide bonds. The first-order valence-electron chi connectivity index (χ1n) is 6.23. The topological polar surface area (TPSA) is 28.2 Å². The number of rotatable bonds is 4. The van der Waals surface area contributed by atoms with Crippen molar-refractivity contribution in [2.75, 3.05) is 23.8 Å². The Morgan fingerprint density at radius 1 is 1.22 bits per heavy atom. The summed E-state index contributed by atoms with van der Waals surface area (Å²) in [5.41, 5.74) is 3.68. The predicted octanol–water partition coefficient (Wildman–Crippen LogP) is 3.59. The number of hydrogen-bond donors (Lipinski definition) is 1. The standard InChI is InChI=1S/C15H19N3/c1-4-18(14-8-6-5-7-12(14)2)13-9-10-17-15(11-13)16-3/h5-11H,4H2,1-3H3,(H,16,17). The van der Waals surface area contributed by atoms with Crippen LogP contribution in [0.1, 0.15) is 12.5 Å². The van der Waals surface area contributed by atoms with Crippen molar-refractivity contribution in [1.29, 1.82) is 0 Å². The van der Waals surface area contributed by atoms with E-state index in [0.29, 0.717) is 0 Å². The van der Waals surface area contributed by atoms with Crippen LogP contribution in [-0.4, -0.2) is 18.6 Å². The van der Waals surface area contributed by atoms with Gasteiger partial charge >= 0.3 is 0 Å². The molecule has 1 aromatic carbocycles. The number of nitrogens with zero attached hydrogens (tertiary/aromatic N) is 2. The first-order valence-corrected chi connectivity index (χ1v) is 6.23. The van der Waals surface area contributed by atoms with Gasteiger partial charge in [-0.1, -0.05) is 18.2 Å². The van der Waals surface area contributed by atoms with Crippen LogP contribution in [0.15, 0.2) is 42.6 Å². The van der Waals surface area contributed by atoms with E-state index in [1.165, 1.54) is 11.3 Å². The summed E-state index contributed by atoms with van der Waals surface area (Å²) >= 11 is 0. The van der Waals surface area contributed by atoms with Crippen LogP contribution in [0.4, 0.5) is 17.2 Å². The highest BCUT2D eigenvalue weighted by Gasteiger charge is 2.09. The van der Waals surface area contributed by atoms with E-state index in [4.69, 9.17) is 0 Å². The van der Waals surface area contributed by atoms with E-state index in [9.17, 15) is 0 Å². The van der Waals surface area contributed by atoms with Crippen LogP contribution in [0.5, 0.6) is 0 Å². The largest absolute Gasteiger partial charge is 0.373 e. The smallest absolute Gasteiger partial charge is 0.127 e. The van der Waals surface area contributed by atoms with E-state index in [0.717, 1.165) is 18.1 Å². The Kier molecular flexibility index (Phi) is 3.82. The molecule has 3 nitrogen and oxygen atoms in total. The summed E-state index contributed by atoms with van der Waals surface area (Å²) in [5.74, 6) is 0.888. The number of hydrogen-bond acceptors (Lipinski definition) is 3. The van der Waals surface area contributed by atoms with Gasteiger partial charge in [0.05, 0.1) is 0 Å². The van der Waals surface area contributed by atoms with Gasteiger partial charge in [0.1, 0.15) is 5.82 Å². The number of nitrogens with one attached hydrogen (secondary N) is 1. The Balaban J connectivity index is 2.42. The van der Waals surface area contributed by atoms with Crippen LogP contribution in [0.2, 0.25) is 0 Å². The van der Waals surface area contributed by atoms with Crippen molar-refractivity contribution in [3.05, 3.63) is 48.2 Å². The summed E-state index contributed by atoms with van der Waals surface area (Å²) in [6, 6.07) is 12.5. The average Bonchev–Trinajstić information content (AvgIpc) is 2.42. The average molecular weight is 241 g/mol. The van der Waals surface area contributed by atoms with Gasteiger partial charge in [0.2, 0.25) is 0 Å². The van der Waals surface area contributed by atoms with Crippen LogP contribution in [-0.2, 0) is 0 Å². The Bertz CT molecular complexity index is 523. The Hall–Kier alpha value is -2.03. The van der Waals surface area contributed by atoms with Crippen molar-refractivity contribution in [3.8, 4) is 0 Å². The van der Waals surface area contributed by atoms with Crippen LogP contribution in [0, 0.1) is 6.92 Å². The molecule has 0 saturated carbocycles. The summed E-state index contributed by atoms with van der Waals surface area (Å²) in [6.45, 7) is 5.22. The molecule has 94 valence electrons. The summed E-state index contributed by atoms with van der Waals surface area (Å²) in [4.78, 5) is 6.54. The summed E-state index contributed by atoms with van der Waals surface area (Å²) in [6.07, 6.45) is 1.84. The molecular formula is C15H19N3. The normalized spacial score (nSPS) is 10.2. The molecule has 1 aromatic heterocycles. The second kappa shape index (κ2) is 5.54. The van der Waals surface area contributed by atoms with Crippen LogP contribution >= 0.6 is 0 Å². The van der Waals surface area contributed by atoms with Gasteiger partial charge in [-0.2, -0.15) is 0 Å². The van der Waals surface area contributed by atoms with E-state index < -0.39 is 0 Å². The molecule has 0 radical (unpaired) electrons. The molecule has 0 aliphatic heterocycles. The molecule has 0 atom stereocenters. The predicted molar refractivity (Wildman–Crippen MR) is 77.6 cm³/mol. The fourth-order valence-electron chi connectivity index (χ4n) is 2.08. The Morgan fingerprint density at radius 3 is 2.67 bits per heavy atom. The van der Waals surface area contributed by atoms with Crippen molar-refractivity contribution < 1.29 is 0 Å². The molecule has 0 unspecified atom stereocenters. The molecule has 18 heavy (non-hydrogen) atoms. The summed E-state index contributed by atoms with van der Waals surface area (Å²) in [5, 5.41) is 3.07. The van der Waals surface area contributed by atoms with Crippen molar-refractivity contribution in [2.24, 2.45) is 0 Å². The quantitative estimate of drug-likeness (QED) is 0.886. The molecule has 0 aliphatic carbocycles. The fraction of sp³-hybridized carbons (Fsp3) is 0.267. The van der Waals surface area contributed by atoms with E-state index in [1.807, 2.05) is 19.3 Å². The van der Waals surface area contributed by atoms with Gasteiger partial charge in [-0.3, -0.25) is 0 Å². The highest BCUT2D eigenvalue weighted by molar-refractivity contribution is 5.67. The van der Waals surface area contributed by atoms with E-state index in [1.54, 1.807) is 0 Å². The highest BCUT2D eigenvalue weighted by atomic mass is 15.1. The Morgan fingerprint density at radius 2 is 2.00 bits per heavy atom. The number of anilines is 3. The van der Waals surface area contributed by atoms with Crippen molar-refractivity contribution >= 4 is 17.2 Å². The lowest BCUT2D eigenvalue weighted by Crippen LogP contribution is -2.17. The Labute approximate surface area is 108 Å². The minimum absolute atomic E-state index is 0.888. The minimum atomic E-state index is 0.888. The molecule has 2 aromatic rings. The fourth-order valence-corrected chi connectivity index (χ4v) is 2.08. The van der Waals surface area contributed by atoms with Crippen molar-refractivity contribution in [1.82, 2.24) is 4.98 Å². The van der Waals surface area contributed by atoms with Crippen LogP contribution in [0.3, 0.4) is 0 Å². The third-order valence-corrected chi connectivity index (χ3v) is 3.03. The maximum absolute atomic E-state index is 4.25. The van der Waals surface area contributed by atoms with Gasteiger partial charge in [-0.15, -0.1) is 0 Å². The van der Waals surface area contributed by atoms with Gasteiger partial charge in [0.15, 0.2) is 0 Å². The maximum Gasteiger partial charge on any atom is 0.127 e. The zero-order valence-electron chi connectivity index (χ0n) is 11.1. The first kappa shape index (κ1) is 12.4. The van der Waals surface area contributed by atoms with Crippen LogP contribution < -0.4 is 10.2 Å². The lowest BCUT2D eigenvalue weighted by Gasteiger charge is -2.25. The number of benzene rings is 1. The van der Waals surface area contributed by atoms with Gasteiger partial charge in [-0.05, 0) is 31.5 Å².